The molecular formula is C12H18N2O2S. The molecule has 0 bridgehead atoms. The Balaban J connectivity index is 2.53. The molecule has 0 radical (unpaired) electrons. The Morgan fingerprint density at radius 1 is 1.47 bits per heavy atom. The van der Waals surface area contributed by atoms with Gasteiger partial charge in [0.1, 0.15) is 0 Å². The average Bonchev–Trinajstić information content (AvgIpc) is 2.27. The molecule has 0 fully saturated rings. The van der Waals surface area contributed by atoms with Crippen LogP contribution < -0.4 is 11.1 Å². The number of amides is 1. The second kappa shape index (κ2) is 5.93. The monoisotopic (exact) mass is 254 g/mol. The lowest BCUT2D eigenvalue weighted by Gasteiger charge is -2.22. The minimum atomic E-state index is -0.886. The first kappa shape index (κ1) is 13.9. The molecular weight excluding hydrogens is 236 g/mol. The molecule has 0 saturated heterocycles. The van der Waals surface area contributed by atoms with Crippen molar-refractivity contribution >= 4 is 23.4 Å². The van der Waals surface area contributed by atoms with Gasteiger partial charge >= 0.3 is 0 Å². The SMILES string of the molecule is CSCC(C)(O)CNC(=O)c1ccc(N)cc1. The Morgan fingerprint density at radius 2 is 2.06 bits per heavy atom. The zero-order valence-corrected chi connectivity index (χ0v) is 10.9. The number of hydrogen-bond acceptors (Lipinski definition) is 4. The second-order valence-electron chi connectivity index (χ2n) is 4.23. The summed E-state index contributed by atoms with van der Waals surface area (Å²) in [7, 11) is 0. The molecule has 94 valence electrons. The Morgan fingerprint density at radius 3 is 2.59 bits per heavy atom. The van der Waals surface area contributed by atoms with Gasteiger partial charge in [0.05, 0.1) is 5.60 Å². The fourth-order valence-electron chi connectivity index (χ4n) is 1.37. The Kier molecular flexibility index (Phi) is 4.84. The van der Waals surface area contributed by atoms with Gasteiger partial charge in [-0.1, -0.05) is 0 Å². The summed E-state index contributed by atoms with van der Waals surface area (Å²) < 4.78 is 0. The second-order valence-corrected chi connectivity index (χ2v) is 5.10. The summed E-state index contributed by atoms with van der Waals surface area (Å²) in [6, 6.07) is 6.67. The normalized spacial score (nSPS) is 14.1. The smallest absolute Gasteiger partial charge is 0.251 e. The van der Waals surface area contributed by atoms with E-state index in [2.05, 4.69) is 5.32 Å². The molecule has 0 aromatic heterocycles. The highest BCUT2D eigenvalue weighted by molar-refractivity contribution is 7.98. The fourth-order valence-corrected chi connectivity index (χ4v) is 2.09. The van der Waals surface area contributed by atoms with Gasteiger partial charge in [0.25, 0.3) is 5.91 Å². The van der Waals surface area contributed by atoms with Crippen LogP contribution >= 0.6 is 11.8 Å². The van der Waals surface area contributed by atoms with Crippen molar-refractivity contribution in [3.63, 3.8) is 0 Å². The number of nitrogens with one attached hydrogen (secondary N) is 1. The molecule has 1 aromatic rings. The molecule has 1 rings (SSSR count). The predicted octanol–water partition coefficient (Wildman–Crippen LogP) is 1.11. The molecule has 1 amide bonds. The van der Waals surface area contributed by atoms with E-state index in [0.717, 1.165) is 0 Å². The van der Waals surface area contributed by atoms with Crippen LogP contribution in [0, 0.1) is 0 Å². The molecule has 17 heavy (non-hydrogen) atoms. The lowest BCUT2D eigenvalue weighted by molar-refractivity contribution is 0.0725. The van der Waals surface area contributed by atoms with Crippen LogP contribution in [0.25, 0.3) is 0 Å². The third-order valence-electron chi connectivity index (χ3n) is 2.26. The maximum absolute atomic E-state index is 11.7. The van der Waals surface area contributed by atoms with Gasteiger partial charge in [-0.15, -0.1) is 0 Å². The molecule has 0 aliphatic heterocycles. The number of nitrogen functional groups attached to an aromatic ring is 1. The van der Waals surface area contributed by atoms with Crippen molar-refractivity contribution in [1.82, 2.24) is 5.32 Å². The predicted molar refractivity (Wildman–Crippen MR) is 72.2 cm³/mol. The third kappa shape index (κ3) is 4.66. The Hall–Kier alpha value is -1.20. The Labute approximate surface area is 106 Å². The van der Waals surface area contributed by atoms with E-state index in [1.54, 1.807) is 43.0 Å². The van der Waals surface area contributed by atoms with Crippen LogP contribution in [0.1, 0.15) is 17.3 Å². The summed E-state index contributed by atoms with van der Waals surface area (Å²) in [6.45, 7) is 1.93. The number of rotatable bonds is 5. The van der Waals surface area contributed by atoms with E-state index in [1.165, 1.54) is 0 Å². The molecule has 4 nitrogen and oxygen atoms in total. The number of carbonyl (C=O) groups excluding carboxylic acids is 1. The first-order chi connectivity index (χ1) is 7.94. The van der Waals surface area contributed by atoms with E-state index in [9.17, 15) is 9.90 Å². The van der Waals surface area contributed by atoms with Gasteiger partial charge in [0.2, 0.25) is 0 Å². The first-order valence-corrected chi connectivity index (χ1v) is 6.69. The van der Waals surface area contributed by atoms with E-state index in [1.807, 2.05) is 6.26 Å². The number of nitrogens with two attached hydrogens (primary N) is 1. The van der Waals surface area contributed by atoms with Crippen LogP contribution in [0.2, 0.25) is 0 Å². The molecule has 5 heteroatoms. The molecule has 4 N–H and O–H groups in total. The van der Waals surface area contributed by atoms with Gasteiger partial charge in [-0.2, -0.15) is 11.8 Å². The molecule has 1 atom stereocenters. The Bertz CT molecular complexity index is 377. The van der Waals surface area contributed by atoms with Gasteiger partial charge in [0.15, 0.2) is 0 Å². The number of benzene rings is 1. The fraction of sp³-hybridized carbons (Fsp3) is 0.417. The van der Waals surface area contributed by atoms with E-state index < -0.39 is 5.60 Å². The molecule has 0 heterocycles. The van der Waals surface area contributed by atoms with E-state index in [0.29, 0.717) is 17.0 Å². The van der Waals surface area contributed by atoms with Gasteiger partial charge in [-0.3, -0.25) is 4.79 Å². The van der Waals surface area contributed by atoms with Crippen molar-refractivity contribution in [3.05, 3.63) is 29.8 Å². The zero-order valence-electron chi connectivity index (χ0n) is 10.1. The van der Waals surface area contributed by atoms with E-state index in [-0.39, 0.29) is 12.5 Å². The van der Waals surface area contributed by atoms with E-state index in [4.69, 9.17) is 5.73 Å². The highest BCUT2D eigenvalue weighted by atomic mass is 32.2. The van der Waals surface area contributed by atoms with E-state index >= 15 is 0 Å². The van der Waals surface area contributed by atoms with Gasteiger partial charge in [0, 0.05) is 23.5 Å². The molecule has 0 spiro atoms. The molecule has 0 aliphatic rings. The van der Waals surface area contributed by atoms with Gasteiger partial charge in [-0.25, -0.2) is 0 Å². The lowest BCUT2D eigenvalue weighted by Crippen LogP contribution is -2.42. The number of aliphatic hydroxyl groups is 1. The summed E-state index contributed by atoms with van der Waals surface area (Å²) in [5.74, 6) is 0.376. The summed E-state index contributed by atoms with van der Waals surface area (Å²) in [5.41, 5.74) is 5.81. The quantitative estimate of drug-likeness (QED) is 0.688. The first-order valence-electron chi connectivity index (χ1n) is 5.30. The van der Waals surface area contributed by atoms with Crippen molar-refractivity contribution < 1.29 is 9.90 Å². The van der Waals surface area contributed by atoms with Crippen molar-refractivity contribution in [1.29, 1.82) is 0 Å². The zero-order chi connectivity index (χ0) is 12.9. The third-order valence-corrected chi connectivity index (χ3v) is 3.17. The number of anilines is 1. The van der Waals surface area contributed by atoms with Gasteiger partial charge in [-0.05, 0) is 37.4 Å². The van der Waals surface area contributed by atoms with Crippen LogP contribution in [0.4, 0.5) is 5.69 Å². The minimum Gasteiger partial charge on any atom is -0.399 e. The van der Waals surface area contributed by atoms with Crippen molar-refractivity contribution in [2.24, 2.45) is 0 Å². The highest BCUT2D eigenvalue weighted by Crippen LogP contribution is 2.10. The highest BCUT2D eigenvalue weighted by Gasteiger charge is 2.20. The van der Waals surface area contributed by atoms with Crippen molar-refractivity contribution in [2.75, 3.05) is 24.3 Å². The molecule has 1 aromatic carbocycles. The molecule has 0 saturated carbocycles. The summed E-state index contributed by atoms with van der Waals surface area (Å²) in [6.07, 6.45) is 1.91. The van der Waals surface area contributed by atoms with Crippen molar-refractivity contribution in [3.8, 4) is 0 Å². The average molecular weight is 254 g/mol. The van der Waals surface area contributed by atoms with Crippen LogP contribution in [0.3, 0.4) is 0 Å². The van der Waals surface area contributed by atoms with Crippen LogP contribution in [0.15, 0.2) is 24.3 Å². The van der Waals surface area contributed by atoms with Crippen LogP contribution in [-0.4, -0.2) is 35.2 Å². The molecule has 0 aliphatic carbocycles. The summed E-state index contributed by atoms with van der Waals surface area (Å²) in [5, 5.41) is 12.6. The maximum Gasteiger partial charge on any atom is 0.251 e. The number of carbonyl (C=O) groups is 1. The molecule has 1 unspecified atom stereocenters. The summed E-state index contributed by atoms with van der Waals surface area (Å²) >= 11 is 1.54. The maximum atomic E-state index is 11.7. The topological polar surface area (TPSA) is 75.3 Å². The summed E-state index contributed by atoms with van der Waals surface area (Å²) in [4.78, 5) is 11.7. The van der Waals surface area contributed by atoms with Crippen LogP contribution in [-0.2, 0) is 0 Å². The van der Waals surface area contributed by atoms with Crippen molar-refractivity contribution in [2.45, 2.75) is 12.5 Å². The lowest BCUT2D eigenvalue weighted by atomic mass is 10.1. The number of hydrogen-bond donors (Lipinski definition) is 3. The number of thioether (sulfide) groups is 1. The van der Waals surface area contributed by atoms with Crippen LogP contribution in [0.5, 0.6) is 0 Å². The standard InChI is InChI=1S/C12H18N2O2S/c1-12(16,8-17-2)7-14-11(15)9-3-5-10(13)6-4-9/h3-6,16H,7-8,13H2,1-2H3,(H,14,15). The largest absolute Gasteiger partial charge is 0.399 e. The van der Waals surface area contributed by atoms with Gasteiger partial charge < -0.3 is 16.2 Å². The minimum absolute atomic E-state index is 0.202.